The second-order valence-electron chi connectivity index (χ2n) is 4.39. The van der Waals surface area contributed by atoms with Crippen LogP contribution in [0.1, 0.15) is 17.0 Å². The van der Waals surface area contributed by atoms with Crippen molar-refractivity contribution in [2.24, 2.45) is 0 Å². The van der Waals surface area contributed by atoms with Crippen LogP contribution in [-0.4, -0.2) is 26.5 Å². The molecule has 2 N–H and O–H groups in total. The molecule has 0 aromatic carbocycles. The van der Waals surface area contributed by atoms with Gasteiger partial charge in [0.05, 0.1) is 5.69 Å². The van der Waals surface area contributed by atoms with Crippen molar-refractivity contribution in [2.75, 3.05) is 12.0 Å². The summed E-state index contributed by atoms with van der Waals surface area (Å²) in [4.78, 5) is 9.91. The first-order valence-electron chi connectivity index (χ1n) is 6.05. The van der Waals surface area contributed by atoms with E-state index in [1.165, 1.54) is 0 Å². The number of thioether (sulfide) groups is 1. The number of nitrogens with zero attached hydrogens (tertiary/aromatic N) is 4. The van der Waals surface area contributed by atoms with Crippen LogP contribution in [0.15, 0.2) is 27.9 Å². The number of pyridine rings is 2. The minimum absolute atomic E-state index is 0.439. The van der Waals surface area contributed by atoms with Gasteiger partial charge in [-0.2, -0.15) is 0 Å². The van der Waals surface area contributed by atoms with Crippen molar-refractivity contribution in [1.82, 2.24) is 20.3 Å². The minimum atomic E-state index is 0.439. The maximum Gasteiger partial charge on any atom is 0.226 e. The summed E-state index contributed by atoms with van der Waals surface area (Å²) in [6.45, 7) is 1.90. The molecule has 3 heterocycles. The maximum atomic E-state index is 6.13. The lowest BCUT2D eigenvalue weighted by molar-refractivity contribution is 0.315. The van der Waals surface area contributed by atoms with Gasteiger partial charge >= 0.3 is 0 Å². The van der Waals surface area contributed by atoms with Crippen LogP contribution in [0, 0.1) is 6.92 Å². The van der Waals surface area contributed by atoms with Gasteiger partial charge in [0.1, 0.15) is 0 Å². The highest BCUT2D eigenvalue weighted by Gasteiger charge is 2.15. The molecular weight excluding hydrogens is 274 g/mol. The Labute approximate surface area is 119 Å². The average molecular weight is 287 g/mol. The summed E-state index contributed by atoms with van der Waals surface area (Å²) in [6.07, 6.45) is 4.49. The standard InChI is InChI=1S/C13H13N5OS/c1-7-10(5-8-3-4-9(20-2)6-15-8)11(14)12-13(16-7)18-19-17-12/h3-4,6H,5,14H2,1-2H3. The van der Waals surface area contributed by atoms with E-state index in [0.29, 0.717) is 23.3 Å². The molecule has 7 heteroatoms. The molecule has 0 radical (unpaired) electrons. The SMILES string of the molecule is CSc1ccc(Cc2c(C)nc3nonc3c2N)nc1. The Morgan fingerprint density at radius 2 is 2.15 bits per heavy atom. The van der Waals surface area contributed by atoms with Crippen molar-refractivity contribution in [2.45, 2.75) is 18.2 Å². The van der Waals surface area contributed by atoms with E-state index in [0.717, 1.165) is 21.8 Å². The molecule has 0 bridgehead atoms. The quantitative estimate of drug-likeness (QED) is 0.738. The number of hydrogen-bond donors (Lipinski definition) is 1. The molecule has 3 aromatic rings. The molecule has 0 aliphatic heterocycles. The zero-order chi connectivity index (χ0) is 14.1. The normalized spacial score (nSPS) is 11.1. The van der Waals surface area contributed by atoms with E-state index in [-0.39, 0.29) is 0 Å². The Bertz CT molecular complexity index is 753. The summed E-state index contributed by atoms with van der Waals surface area (Å²) in [7, 11) is 0. The lowest BCUT2D eigenvalue weighted by Crippen LogP contribution is -2.03. The monoisotopic (exact) mass is 287 g/mol. The molecule has 0 aliphatic rings. The number of nitrogen functional groups attached to an aromatic ring is 1. The van der Waals surface area contributed by atoms with Gasteiger partial charge in [-0.15, -0.1) is 11.8 Å². The lowest BCUT2D eigenvalue weighted by Gasteiger charge is -2.08. The van der Waals surface area contributed by atoms with Crippen LogP contribution in [0.2, 0.25) is 0 Å². The van der Waals surface area contributed by atoms with Crippen LogP contribution in [-0.2, 0) is 6.42 Å². The van der Waals surface area contributed by atoms with Crippen molar-refractivity contribution in [3.8, 4) is 0 Å². The van der Waals surface area contributed by atoms with Crippen molar-refractivity contribution >= 4 is 28.6 Å². The number of nitrogens with two attached hydrogens (primary N) is 1. The Hall–Kier alpha value is -2.15. The van der Waals surface area contributed by atoms with Gasteiger partial charge in [-0.25, -0.2) is 9.61 Å². The molecule has 0 saturated carbocycles. The van der Waals surface area contributed by atoms with Crippen molar-refractivity contribution in [1.29, 1.82) is 0 Å². The van der Waals surface area contributed by atoms with Gasteiger partial charge in [0, 0.05) is 34.5 Å². The second kappa shape index (κ2) is 5.09. The third kappa shape index (κ3) is 2.20. The zero-order valence-corrected chi connectivity index (χ0v) is 11.9. The minimum Gasteiger partial charge on any atom is -0.396 e. The number of aryl methyl sites for hydroxylation is 1. The molecule has 0 saturated heterocycles. The van der Waals surface area contributed by atoms with E-state index in [1.54, 1.807) is 11.8 Å². The van der Waals surface area contributed by atoms with Crippen molar-refractivity contribution in [3.63, 3.8) is 0 Å². The van der Waals surface area contributed by atoms with E-state index in [4.69, 9.17) is 5.73 Å². The summed E-state index contributed by atoms with van der Waals surface area (Å²) in [6, 6.07) is 4.04. The van der Waals surface area contributed by atoms with E-state index < -0.39 is 0 Å². The van der Waals surface area contributed by atoms with E-state index in [2.05, 4.69) is 24.9 Å². The molecular formula is C13H13N5OS. The molecule has 0 amide bonds. The Kier molecular flexibility index (Phi) is 3.27. The molecule has 0 spiro atoms. The number of aromatic nitrogens is 4. The van der Waals surface area contributed by atoms with E-state index in [9.17, 15) is 0 Å². The molecule has 6 nitrogen and oxygen atoms in total. The van der Waals surface area contributed by atoms with Gasteiger partial charge in [-0.3, -0.25) is 4.98 Å². The molecule has 20 heavy (non-hydrogen) atoms. The summed E-state index contributed by atoms with van der Waals surface area (Å²) in [5, 5.41) is 7.51. The number of rotatable bonds is 3. The van der Waals surface area contributed by atoms with Crippen molar-refractivity contribution in [3.05, 3.63) is 35.3 Å². The molecule has 0 atom stereocenters. The van der Waals surface area contributed by atoms with Gasteiger partial charge in [0.2, 0.25) is 5.65 Å². The molecule has 0 aliphatic carbocycles. The first-order chi connectivity index (χ1) is 9.69. The maximum absolute atomic E-state index is 6.13. The van der Waals surface area contributed by atoms with Crippen LogP contribution in [0.4, 0.5) is 5.69 Å². The van der Waals surface area contributed by atoms with Gasteiger partial charge in [-0.05, 0) is 35.6 Å². The number of hydrogen-bond acceptors (Lipinski definition) is 7. The van der Waals surface area contributed by atoms with E-state index in [1.807, 2.05) is 31.5 Å². The third-order valence-electron chi connectivity index (χ3n) is 3.15. The number of fused-ring (bicyclic) bond motifs is 1. The number of anilines is 1. The smallest absolute Gasteiger partial charge is 0.226 e. The molecule has 0 unspecified atom stereocenters. The van der Waals surface area contributed by atoms with Crippen molar-refractivity contribution < 1.29 is 4.63 Å². The fraction of sp³-hybridized carbons (Fsp3) is 0.231. The van der Waals surface area contributed by atoms with Gasteiger partial charge in [0.15, 0.2) is 5.52 Å². The summed E-state index contributed by atoms with van der Waals surface area (Å²) in [5.74, 6) is 0. The Morgan fingerprint density at radius 3 is 2.85 bits per heavy atom. The Morgan fingerprint density at radius 1 is 1.30 bits per heavy atom. The summed E-state index contributed by atoms with van der Waals surface area (Å²) in [5.41, 5.74) is 10.3. The highest BCUT2D eigenvalue weighted by Crippen LogP contribution is 2.25. The largest absolute Gasteiger partial charge is 0.396 e. The predicted molar refractivity (Wildman–Crippen MR) is 77.6 cm³/mol. The van der Waals surface area contributed by atoms with Crippen LogP contribution >= 0.6 is 11.8 Å². The zero-order valence-electron chi connectivity index (χ0n) is 11.1. The molecule has 3 aromatic heterocycles. The fourth-order valence-corrected chi connectivity index (χ4v) is 2.39. The highest BCUT2D eigenvalue weighted by atomic mass is 32.2. The van der Waals surface area contributed by atoms with Crippen LogP contribution < -0.4 is 5.73 Å². The second-order valence-corrected chi connectivity index (χ2v) is 5.27. The topological polar surface area (TPSA) is 90.7 Å². The Balaban J connectivity index is 2.00. The predicted octanol–water partition coefficient (Wildman–Crippen LogP) is 2.22. The first-order valence-corrected chi connectivity index (χ1v) is 7.27. The average Bonchev–Trinajstić information content (AvgIpc) is 2.92. The first kappa shape index (κ1) is 12.9. The summed E-state index contributed by atoms with van der Waals surface area (Å²) < 4.78 is 4.68. The van der Waals surface area contributed by atoms with Crippen LogP contribution in [0.5, 0.6) is 0 Å². The molecule has 3 rings (SSSR count). The highest BCUT2D eigenvalue weighted by molar-refractivity contribution is 7.98. The fourth-order valence-electron chi connectivity index (χ4n) is 2.03. The van der Waals surface area contributed by atoms with Crippen LogP contribution in [0.3, 0.4) is 0 Å². The summed E-state index contributed by atoms with van der Waals surface area (Å²) >= 11 is 1.66. The van der Waals surface area contributed by atoms with Gasteiger partial charge < -0.3 is 5.73 Å². The lowest BCUT2D eigenvalue weighted by atomic mass is 10.1. The van der Waals surface area contributed by atoms with E-state index >= 15 is 0 Å². The molecule has 102 valence electrons. The van der Waals surface area contributed by atoms with Gasteiger partial charge in [0.25, 0.3) is 0 Å². The molecule has 0 fully saturated rings. The van der Waals surface area contributed by atoms with Crippen LogP contribution in [0.25, 0.3) is 11.2 Å². The third-order valence-corrected chi connectivity index (χ3v) is 3.87. The van der Waals surface area contributed by atoms with Gasteiger partial charge in [-0.1, -0.05) is 0 Å².